The van der Waals surface area contributed by atoms with Gasteiger partial charge >= 0.3 is 11.9 Å². The van der Waals surface area contributed by atoms with E-state index in [0.717, 1.165) is 19.3 Å². The SMILES string of the molecule is CCCCCCCC[C@](N)(C(=O)O)C1C[C@@H]1C(=O)O. The van der Waals surface area contributed by atoms with Crippen LogP contribution in [0.5, 0.6) is 0 Å². The van der Waals surface area contributed by atoms with Crippen LogP contribution in [0.2, 0.25) is 0 Å². The fourth-order valence-corrected chi connectivity index (χ4v) is 2.69. The minimum Gasteiger partial charge on any atom is -0.481 e. The summed E-state index contributed by atoms with van der Waals surface area (Å²) in [7, 11) is 0. The monoisotopic (exact) mass is 271 g/mol. The van der Waals surface area contributed by atoms with Crippen LogP contribution < -0.4 is 5.73 Å². The average Bonchev–Trinajstić information content (AvgIpc) is 3.13. The summed E-state index contributed by atoms with van der Waals surface area (Å²) in [6.45, 7) is 2.15. The summed E-state index contributed by atoms with van der Waals surface area (Å²) in [5.41, 5.74) is 4.60. The van der Waals surface area contributed by atoms with E-state index in [-0.39, 0.29) is 0 Å². The third kappa shape index (κ3) is 4.20. The van der Waals surface area contributed by atoms with E-state index >= 15 is 0 Å². The van der Waals surface area contributed by atoms with Gasteiger partial charge < -0.3 is 15.9 Å². The van der Waals surface area contributed by atoms with Crippen LogP contribution >= 0.6 is 0 Å². The van der Waals surface area contributed by atoms with Gasteiger partial charge in [0.1, 0.15) is 5.54 Å². The number of rotatable bonds is 10. The predicted octanol–water partition coefficient (Wildman–Crippen LogP) is 2.24. The molecule has 0 aromatic carbocycles. The highest BCUT2D eigenvalue weighted by Crippen LogP contribution is 2.47. The topological polar surface area (TPSA) is 101 Å². The number of carbonyl (C=O) groups is 2. The van der Waals surface area contributed by atoms with Crippen LogP contribution in [-0.4, -0.2) is 27.7 Å². The summed E-state index contributed by atoms with van der Waals surface area (Å²) in [6.07, 6.45) is 7.15. The Bertz CT molecular complexity index is 331. The number of unbranched alkanes of at least 4 members (excludes halogenated alkanes) is 5. The van der Waals surface area contributed by atoms with Crippen molar-refractivity contribution in [3.8, 4) is 0 Å². The van der Waals surface area contributed by atoms with Crippen LogP contribution in [0.1, 0.15) is 58.3 Å². The average molecular weight is 271 g/mol. The first-order chi connectivity index (χ1) is 8.93. The lowest BCUT2D eigenvalue weighted by atomic mass is 9.87. The smallest absolute Gasteiger partial charge is 0.323 e. The predicted molar refractivity (Wildman–Crippen MR) is 71.8 cm³/mol. The Morgan fingerprint density at radius 3 is 2.21 bits per heavy atom. The van der Waals surface area contributed by atoms with Gasteiger partial charge in [0.2, 0.25) is 0 Å². The molecule has 1 aliphatic carbocycles. The molecule has 0 aromatic heterocycles. The molecule has 0 bridgehead atoms. The molecule has 1 aliphatic rings. The Balaban J connectivity index is 2.37. The summed E-state index contributed by atoms with van der Waals surface area (Å²) in [4.78, 5) is 22.2. The summed E-state index contributed by atoms with van der Waals surface area (Å²) < 4.78 is 0. The van der Waals surface area contributed by atoms with Gasteiger partial charge in [0.05, 0.1) is 5.92 Å². The molecule has 4 N–H and O–H groups in total. The lowest BCUT2D eigenvalue weighted by Crippen LogP contribution is -2.51. The highest BCUT2D eigenvalue weighted by Gasteiger charge is 2.57. The molecule has 1 unspecified atom stereocenters. The molecule has 3 atom stereocenters. The van der Waals surface area contributed by atoms with Crippen molar-refractivity contribution in [2.45, 2.75) is 63.8 Å². The summed E-state index contributed by atoms with van der Waals surface area (Å²) in [6, 6.07) is 0. The van der Waals surface area contributed by atoms with E-state index in [9.17, 15) is 14.7 Å². The molecule has 0 heterocycles. The van der Waals surface area contributed by atoms with Gasteiger partial charge in [-0.25, -0.2) is 0 Å². The minimum absolute atomic E-state index is 0.378. The fraction of sp³-hybridized carbons (Fsp3) is 0.857. The number of aliphatic carboxylic acids is 2. The van der Waals surface area contributed by atoms with E-state index in [1.165, 1.54) is 19.3 Å². The second kappa shape index (κ2) is 6.89. The normalized spacial score (nSPS) is 24.7. The number of nitrogens with two attached hydrogens (primary N) is 1. The Hall–Kier alpha value is -1.10. The zero-order chi connectivity index (χ0) is 14.5. The molecule has 1 rings (SSSR count). The molecule has 0 aliphatic heterocycles. The molecule has 0 amide bonds. The van der Waals surface area contributed by atoms with E-state index in [1.807, 2.05) is 0 Å². The van der Waals surface area contributed by atoms with Crippen LogP contribution in [0.15, 0.2) is 0 Å². The first-order valence-corrected chi connectivity index (χ1v) is 7.18. The number of hydrogen-bond acceptors (Lipinski definition) is 3. The number of hydrogen-bond donors (Lipinski definition) is 3. The maximum atomic E-state index is 11.3. The molecule has 110 valence electrons. The third-order valence-corrected chi connectivity index (χ3v) is 4.11. The van der Waals surface area contributed by atoms with Gasteiger partial charge in [0, 0.05) is 5.92 Å². The fourth-order valence-electron chi connectivity index (χ4n) is 2.69. The van der Waals surface area contributed by atoms with Crippen LogP contribution in [-0.2, 0) is 9.59 Å². The van der Waals surface area contributed by atoms with E-state index < -0.39 is 29.3 Å². The lowest BCUT2D eigenvalue weighted by Gasteiger charge is -2.24. The number of carboxylic acid groups (broad SMARTS) is 2. The Kier molecular flexibility index (Phi) is 5.79. The summed E-state index contributed by atoms with van der Waals surface area (Å²) >= 11 is 0. The largest absolute Gasteiger partial charge is 0.481 e. The zero-order valence-electron chi connectivity index (χ0n) is 11.6. The quantitative estimate of drug-likeness (QED) is 0.529. The van der Waals surface area contributed by atoms with Gasteiger partial charge in [-0.3, -0.25) is 9.59 Å². The van der Waals surface area contributed by atoms with Crippen molar-refractivity contribution < 1.29 is 19.8 Å². The molecular weight excluding hydrogens is 246 g/mol. The Morgan fingerprint density at radius 1 is 1.16 bits per heavy atom. The van der Waals surface area contributed by atoms with Gasteiger partial charge in [0.25, 0.3) is 0 Å². The number of carboxylic acids is 2. The van der Waals surface area contributed by atoms with Crippen molar-refractivity contribution in [3.63, 3.8) is 0 Å². The van der Waals surface area contributed by atoms with Crippen LogP contribution in [0.4, 0.5) is 0 Å². The van der Waals surface area contributed by atoms with Gasteiger partial charge in [0.15, 0.2) is 0 Å². The molecule has 5 nitrogen and oxygen atoms in total. The standard InChI is InChI=1S/C14H25NO4/c1-2-3-4-5-6-7-8-14(15,13(18)19)11-9-10(11)12(16)17/h10-11H,2-9,15H2,1H3,(H,16,17)(H,18,19)/t10-,11?,14+/m0/s1. The van der Waals surface area contributed by atoms with Crippen LogP contribution in [0.25, 0.3) is 0 Å². The molecule has 0 spiro atoms. The lowest BCUT2D eigenvalue weighted by molar-refractivity contribution is -0.145. The molecule has 0 saturated heterocycles. The minimum atomic E-state index is -1.35. The van der Waals surface area contributed by atoms with Crippen molar-refractivity contribution in [1.82, 2.24) is 0 Å². The Morgan fingerprint density at radius 2 is 1.74 bits per heavy atom. The molecule has 0 radical (unpaired) electrons. The zero-order valence-corrected chi connectivity index (χ0v) is 11.6. The van der Waals surface area contributed by atoms with E-state index in [0.29, 0.717) is 12.8 Å². The van der Waals surface area contributed by atoms with Gasteiger partial charge in [-0.05, 0) is 12.8 Å². The van der Waals surface area contributed by atoms with Crippen molar-refractivity contribution >= 4 is 11.9 Å². The maximum Gasteiger partial charge on any atom is 0.323 e. The summed E-state index contributed by atoms with van der Waals surface area (Å²) in [5, 5.41) is 18.2. The van der Waals surface area contributed by atoms with Crippen LogP contribution in [0.3, 0.4) is 0 Å². The first kappa shape index (κ1) is 16.0. The van der Waals surface area contributed by atoms with Crippen molar-refractivity contribution in [2.24, 2.45) is 17.6 Å². The highest BCUT2D eigenvalue weighted by atomic mass is 16.4. The second-order valence-corrected chi connectivity index (χ2v) is 5.65. The van der Waals surface area contributed by atoms with E-state index in [4.69, 9.17) is 10.8 Å². The molecular formula is C14H25NO4. The van der Waals surface area contributed by atoms with Gasteiger partial charge in [-0.15, -0.1) is 0 Å². The van der Waals surface area contributed by atoms with E-state index in [1.54, 1.807) is 0 Å². The van der Waals surface area contributed by atoms with Gasteiger partial charge in [-0.2, -0.15) is 0 Å². The molecule has 0 aromatic rings. The van der Waals surface area contributed by atoms with Crippen molar-refractivity contribution in [3.05, 3.63) is 0 Å². The maximum absolute atomic E-state index is 11.3. The second-order valence-electron chi connectivity index (χ2n) is 5.65. The van der Waals surface area contributed by atoms with Crippen molar-refractivity contribution in [2.75, 3.05) is 0 Å². The molecule has 19 heavy (non-hydrogen) atoms. The summed E-state index contributed by atoms with van der Waals surface area (Å²) in [5.74, 6) is -2.96. The molecule has 1 saturated carbocycles. The Labute approximate surface area is 114 Å². The molecule has 1 fully saturated rings. The molecule has 5 heteroatoms. The van der Waals surface area contributed by atoms with Crippen LogP contribution in [0, 0.1) is 11.8 Å². The van der Waals surface area contributed by atoms with Crippen molar-refractivity contribution in [1.29, 1.82) is 0 Å². The highest BCUT2D eigenvalue weighted by molar-refractivity contribution is 5.83. The first-order valence-electron chi connectivity index (χ1n) is 7.18. The third-order valence-electron chi connectivity index (χ3n) is 4.11. The van der Waals surface area contributed by atoms with E-state index in [2.05, 4.69) is 6.92 Å². The van der Waals surface area contributed by atoms with Gasteiger partial charge in [-0.1, -0.05) is 45.4 Å².